The molecule has 3 aromatic rings. The smallest absolute Gasteiger partial charge is 0.240 e. The van der Waals surface area contributed by atoms with Crippen molar-refractivity contribution in [2.45, 2.75) is 18.4 Å². The van der Waals surface area contributed by atoms with Gasteiger partial charge in [-0.3, -0.25) is 4.98 Å². The number of thiazole rings is 1. The third-order valence-electron chi connectivity index (χ3n) is 3.62. The van der Waals surface area contributed by atoms with Crippen LogP contribution in [0.5, 0.6) is 5.75 Å². The van der Waals surface area contributed by atoms with Crippen molar-refractivity contribution >= 4 is 21.4 Å². The van der Waals surface area contributed by atoms with Crippen LogP contribution in [0, 0.1) is 6.92 Å². The van der Waals surface area contributed by atoms with Gasteiger partial charge in [0.15, 0.2) is 0 Å². The van der Waals surface area contributed by atoms with Crippen LogP contribution in [0.4, 0.5) is 0 Å². The van der Waals surface area contributed by atoms with Crippen molar-refractivity contribution in [3.8, 4) is 17.0 Å². The Balaban J connectivity index is 1.72. The number of hydrogen-bond acceptors (Lipinski definition) is 6. The zero-order valence-corrected chi connectivity index (χ0v) is 15.4. The molecule has 6 nitrogen and oxygen atoms in total. The van der Waals surface area contributed by atoms with Crippen LogP contribution < -0.4 is 9.46 Å². The van der Waals surface area contributed by atoms with E-state index in [2.05, 4.69) is 14.7 Å². The second-order valence-electron chi connectivity index (χ2n) is 5.32. The third kappa shape index (κ3) is 4.04. The third-order valence-corrected chi connectivity index (χ3v) is 5.87. The van der Waals surface area contributed by atoms with Gasteiger partial charge in [-0.25, -0.2) is 18.1 Å². The zero-order chi connectivity index (χ0) is 17.9. The second-order valence-corrected chi connectivity index (χ2v) is 8.03. The Morgan fingerprint density at radius 1 is 1.20 bits per heavy atom. The van der Waals surface area contributed by atoms with E-state index in [1.807, 2.05) is 17.5 Å². The molecule has 130 valence electrons. The molecule has 0 fully saturated rings. The van der Waals surface area contributed by atoms with Crippen molar-refractivity contribution in [2.24, 2.45) is 0 Å². The van der Waals surface area contributed by atoms with Gasteiger partial charge >= 0.3 is 0 Å². The fourth-order valence-electron chi connectivity index (χ4n) is 2.31. The Bertz CT molecular complexity index is 970. The van der Waals surface area contributed by atoms with E-state index in [4.69, 9.17) is 4.74 Å². The normalized spacial score (nSPS) is 11.4. The van der Waals surface area contributed by atoms with Gasteiger partial charge in [-0.15, -0.1) is 11.3 Å². The predicted molar refractivity (Wildman–Crippen MR) is 97.1 cm³/mol. The second kappa shape index (κ2) is 7.30. The minimum Gasteiger partial charge on any atom is -0.496 e. The van der Waals surface area contributed by atoms with Crippen molar-refractivity contribution in [1.82, 2.24) is 14.7 Å². The number of hydrogen-bond donors (Lipinski definition) is 1. The number of sulfonamides is 1. The van der Waals surface area contributed by atoms with Crippen LogP contribution in [0.3, 0.4) is 0 Å². The summed E-state index contributed by atoms with van der Waals surface area (Å²) in [5.41, 5.74) is 2.52. The molecule has 0 aliphatic carbocycles. The van der Waals surface area contributed by atoms with Crippen LogP contribution in [-0.4, -0.2) is 25.5 Å². The summed E-state index contributed by atoms with van der Waals surface area (Å²) in [4.78, 5) is 8.65. The van der Waals surface area contributed by atoms with Gasteiger partial charge in [-0.1, -0.05) is 0 Å². The molecule has 0 aliphatic rings. The lowest BCUT2D eigenvalue weighted by molar-refractivity contribution is 0.411. The summed E-state index contributed by atoms with van der Waals surface area (Å²) in [6, 6.07) is 8.49. The van der Waals surface area contributed by atoms with Gasteiger partial charge in [-0.2, -0.15) is 0 Å². The van der Waals surface area contributed by atoms with Crippen molar-refractivity contribution < 1.29 is 13.2 Å². The van der Waals surface area contributed by atoms with Crippen molar-refractivity contribution in [3.63, 3.8) is 0 Å². The van der Waals surface area contributed by atoms with E-state index in [0.717, 1.165) is 16.8 Å². The average molecular weight is 375 g/mol. The number of rotatable bonds is 6. The van der Waals surface area contributed by atoms with Gasteiger partial charge in [0.1, 0.15) is 10.8 Å². The van der Waals surface area contributed by atoms with Crippen LogP contribution in [0.25, 0.3) is 11.3 Å². The van der Waals surface area contributed by atoms with E-state index >= 15 is 0 Å². The van der Waals surface area contributed by atoms with Gasteiger partial charge in [0, 0.05) is 23.3 Å². The summed E-state index contributed by atoms with van der Waals surface area (Å²) >= 11 is 1.41. The molecule has 0 aliphatic heterocycles. The maximum absolute atomic E-state index is 12.5. The number of ether oxygens (including phenoxy) is 1. The molecule has 8 heteroatoms. The summed E-state index contributed by atoms with van der Waals surface area (Å²) in [5, 5.41) is 2.59. The number of aromatic nitrogens is 2. The van der Waals surface area contributed by atoms with Crippen LogP contribution >= 0.6 is 11.3 Å². The van der Waals surface area contributed by atoms with Gasteiger partial charge in [0.25, 0.3) is 0 Å². The number of aryl methyl sites for hydroxylation is 1. The first-order chi connectivity index (χ1) is 12.0. The monoisotopic (exact) mass is 375 g/mol. The molecule has 0 amide bonds. The minimum atomic E-state index is -3.61. The molecule has 0 saturated carbocycles. The lowest BCUT2D eigenvalue weighted by atomic mass is 10.2. The first-order valence-electron chi connectivity index (χ1n) is 7.49. The van der Waals surface area contributed by atoms with Crippen molar-refractivity contribution in [2.75, 3.05) is 7.11 Å². The Morgan fingerprint density at radius 2 is 1.96 bits per heavy atom. The minimum absolute atomic E-state index is 0.142. The summed E-state index contributed by atoms with van der Waals surface area (Å²) in [6.45, 7) is 1.95. The first kappa shape index (κ1) is 17.5. The van der Waals surface area contributed by atoms with Crippen LogP contribution in [-0.2, 0) is 16.6 Å². The van der Waals surface area contributed by atoms with E-state index in [0.29, 0.717) is 10.8 Å². The number of pyridine rings is 1. The lowest BCUT2D eigenvalue weighted by Gasteiger charge is -2.09. The quantitative estimate of drug-likeness (QED) is 0.716. The highest BCUT2D eigenvalue weighted by molar-refractivity contribution is 7.89. The van der Waals surface area contributed by atoms with E-state index < -0.39 is 10.0 Å². The maximum atomic E-state index is 12.5. The highest BCUT2D eigenvalue weighted by atomic mass is 32.2. The fraction of sp³-hybridized carbons (Fsp3) is 0.176. The highest BCUT2D eigenvalue weighted by Gasteiger charge is 2.16. The van der Waals surface area contributed by atoms with E-state index in [1.165, 1.54) is 17.4 Å². The van der Waals surface area contributed by atoms with Crippen LogP contribution in [0.2, 0.25) is 0 Å². The summed E-state index contributed by atoms with van der Waals surface area (Å²) in [5.74, 6) is 0.654. The Labute approximate surface area is 150 Å². The van der Waals surface area contributed by atoms with Gasteiger partial charge in [-0.05, 0) is 42.8 Å². The van der Waals surface area contributed by atoms with E-state index in [9.17, 15) is 8.42 Å². The Morgan fingerprint density at radius 3 is 2.64 bits per heavy atom. The van der Waals surface area contributed by atoms with E-state index in [1.54, 1.807) is 38.6 Å². The SMILES string of the molecule is COc1ccc(S(=O)(=O)NCc2nc(-c3ccncc3)cs2)cc1C. The number of nitrogens with zero attached hydrogens (tertiary/aromatic N) is 2. The molecule has 0 radical (unpaired) electrons. The van der Waals surface area contributed by atoms with E-state index in [-0.39, 0.29) is 11.4 Å². The molecule has 1 aromatic carbocycles. The van der Waals surface area contributed by atoms with Gasteiger partial charge < -0.3 is 4.74 Å². The molecular weight excluding hydrogens is 358 g/mol. The molecule has 0 unspecified atom stereocenters. The summed E-state index contributed by atoms with van der Waals surface area (Å²) in [7, 11) is -2.06. The molecular formula is C17H17N3O3S2. The summed E-state index contributed by atoms with van der Waals surface area (Å²) < 4.78 is 32.6. The fourth-order valence-corrected chi connectivity index (χ4v) is 4.21. The Hall–Kier alpha value is -2.29. The van der Waals surface area contributed by atoms with Crippen LogP contribution in [0.15, 0.2) is 53.0 Å². The van der Waals surface area contributed by atoms with Crippen molar-refractivity contribution in [3.05, 3.63) is 58.7 Å². The molecule has 0 bridgehead atoms. The predicted octanol–water partition coefficient (Wildman–Crippen LogP) is 3.00. The van der Waals surface area contributed by atoms with Gasteiger partial charge in [0.05, 0.1) is 24.2 Å². The molecule has 2 heterocycles. The topological polar surface area (TPSA) is 81.2 Å². The highest BCUT2D eigenvalue weighted by Crippen LogP contribution is 2.23. The Kier molecular flexibility index (Phi) is 5.12. The first-order valence-corrected chi connectivity index (χ1v) is 9.85. The number of methoxy groups -OCH3 is 1. The molecule has 0 saturated heterocycles. The molecule has 0 spiro atoms. The zero-order valence-electron chi connectivity index (χ0n) is 13.8. The molecule has 2 aromatic heterocycles. The lowest BCUT2D eigenvalue weighted by Crippen LogP contribution is -2.23. The van der Waals surface area contributed by atoms with Crippen molar-refractivity contribution in [1.29, 1.82) is 0 Å². The molecule has 25 heavy (non-hydrogen) atoms. The number of nitrogens with one attached hydrogen (secondary N) is 1. The number of benzene rings is 1. The average Bonchev–Trinajstić information content (AvgIpc) is 3.10. The van der Waals surface area contributed by atoms with Crippen LogP contribution in [0.1, 0.15) is 10.6 Å². The summed E-state index contributed by atoms with van der Waals surface area (Å²) in [6.07, 6.45) is 3.39. The molecule has 0 atom stereocenters. The molecule has 1 N–H and O–H groups in total. The van der Waals surface area contributed by atoms with Gasteiger partial charge in [0.2, 0.25) is 10.0 Å². The molecule has 3 rings (SSSR count). The maximum Gasteiger partial charge on any atom is 0.240 e. The standard InChI is InChI=1S/C17H17N3O3S2/c1-12-9-14(3-4-16(12)23-2)25(21,22)19-10-17-20-15(11-24-17)13-5-7-18-8-6-13/h3-9,11,19H,10H2,1-2H3. The largest absolute Gasteiger partial charge is 0.496 e.